The lowest BCUT2D eigenvalue weighted by atomic mass is 10.1. The fraction of sp³-hybridized carbons (Fsp3) is 0.294. The molecule has 0 unspecified atom stereocenters. The second-order valence-electron chi connectivity index (χ2n) is 5.25. The van der Waals surface area contributed by atoms with Crippen LogP contribution in [0.15, 0.2) is 30.5 Å². The fourth-order valence-corrected chi connectivity index (χ4v) is 2.55. The van der Waals surface area contributed by atoms with Gasteiger partial charge in [0, 0.05) is 18.4 Å². The molecule has 0 bridgehead atoms. The number of aryl methyl sites for hydroxylation is 2. The highest BCUT2D eigenvalue weighted by Gasteiger charge is 2.12. The first-order valence-electron chi connectivity index (χ1n) is 7.29. The summed E-state index contributed by atoms with van der Waals surface area (Å²) >= 11 is 6.22. The van der Waals surface area contributed by atoms with Crippen molar-refractivity contribution in [2.45, 2.75) is 27.2 Å². The van der Waals surface area contributed by atoms with Crippen molar-refractivity contribution in [1.82, 2.24) is 4.98 Å². The average Bonchev–Trinajstić information content (AvgIpc) is 2.49. The molecule has 0 aliphatic heterocycles. The van der Waals surface area contributed by atoms with Crippen LogP contribution in [0, 0.1) is 13.8 Å². The van der Waals surface area contributed by atoms with Gasteiger partial charge in [-0.3, -0.25) is 9.78 Å². The molecule has 0 saturated carbocycles. The SMILES string of the molecule is CCCNc1ccnc(C(=O)Nc2c(C)cc(C)cc2Cl)c1. The Labute approximate surface area is 135 Å². The number of aromatic nitrogens is 1. The van der Waals surface area contributed by atoms with Gasteiger partial charge in [-0.1, -0.05) is 24.6 Å². The molecule has 1 amide bonds. The molecular weight excluding hydrogens is 298 g/mol. The number of carbonyl (C=O) groups excluding carboxylic acids is 1. The number of nitrogens with one attached hydrogen (secondary N) is 2. The molecule has 0 aliphatic rings. The van der Waals surface area contributed by atoms with Gasteiger partial charge in [0.25, 0.3) is 5.91 Å². The Morgan fingerprint density at radius 2 is 2.05 bits per heavy atom. The van der Waals surface area contributed by atoms with Crippen molar-refractivity contribution in [2.75, 3.05) is 17.2 Å². The summed E-state index contributed by atoms with van der Waals surface area (Å²) in [5.41, 5.74) is 3.86. The van der Waals surface area contributed by atoms with E-state index in [1.807, 2.05) is 32.0 Å². The summed E-state index contributed by atoms with van der Waals surface area (Å²) in [4.78, 5) is 16.5. The van der Waals surface area contributed by atoms with Gasteiger partial charge in [0.05, 0.1) is 10.7 Å². The first kappa shape index (κ1) is 16.3. The molecule has 2 N–H and O–H groups in total. The van der Waals surface area contributed by atoms with Crippen molar-refractivity contribution in [2.24, 2.45) is 0 Å². The lowest BCUT2D eigenvalue weighted by Crippen LogP contribution is -2.15. The zero-order chi connectivity index (χ0) is 16.1. The molecule has 0 atom stereocenters. The predicted molar refractivity (Wildman–Crippen MR) is 91.9 cm³/mol. The number of pyridine rings is 1. The number of nitrogens with zero attached hydrogens (tertiary/aromatic N) is 1. The average molecular weight is 318 g/mol. The van der Waals surface area contributed by atoms with Crippen LogP contribution < -0.4 is 10.6 Å². The second kappa shape index (κ2) is 7.27. The number of anilines is 2. The van der Waals surface area contributed by atoms with E-state index in [1.54, 1.807) is 12.3 Å². The third-order valence-electron chi connectivity index (χ3n) is 3.24. The van der Waals surface area contributed by atoms with Gasteiger partial charge in [-0.25, -0.2) is 0 Å². The standard InChI is InChI=1S/C17H20ClN3O/c1-4-6-19-13-5-7-20-15(10-13)17(22)21-16-12(3)8-11(2)9-14(16)18/h5,7-10H,4,6H2,1-3H3,(H,19,20)(H,21,22). The molecule has 0 radical (unpaired) electrons. The minimum absolute atomic E-state index is 0.269. The molecule has 1 aromatic carbocycles. The molecule has 5 heteroatoms. The van der Waals surface area contributed by atoms with E-state index in [0.717, 1.165) is 29.8 Å². The van der Waals surface area contributed by atoms with Crippen LogP contribution >= 0.6 is 11.6 Å². The number of hydrogen-bond acceptors (Lipinski definition) is 3. The molecule has 1 aromatic heterocycles. The van der Waals surface area contributed by atoms with Gasteiger partial charge in [0.15, 0.2) is 0 Å². The zero-order valence-corrected chi connectivity index (χ0v) is 13.8. The number of carbonyl (C=O) groups is 1. The number of amides is 1. The minimum Gasteiger partial charge on any atom is -0.385 e. The maximum atomic E-state index is 12.4. The van der Waals surface area contributed by atoms with Crippen molar-refractivity contribution in [3.63, 3.8) is 0 Å². The summed E-state index contributed by atoms with van der Waals surface area (Å²) in [6.07, 6.45) is 2.64. The van der Waals surface area contributed by atoms with Gasteiger partial charge in [-0.05, 0) is 49.6 Å². The van der Waals surface area contributed by atoms with Crippen LogP contribution in [0.4, 0.5) is 11.4 Å². The van der Waals surface area contributed by atoms with Crippen LogP contribution in [0.3, 0.4) is 0 Å². The van der Waals surface area contributed by atoms with Gasteiger partial charge < -0.3 is 10.6 Å². The van der Waals surface area contributed by atoms with Crippen molar-refractivity contribution >= 4 is 28.9 Å². The molecule has 0 fully saturated rings. The normalized spacial score (nSPS) is 10.4. The molecule has 0 spiro atoms. The quantitative estimate of drug-likeness (QED) is 0.858. The number of hydrogen-bond donors (Lipinski definition) is 2. The van der Waals surface area contributed by atoms with E-state index in [1.165, 1.54) is 0 Å². The van der Waals surface area contributed by atoms with Crippen molar-refractivity contribution in [1.29, 1.82) is 0 Å². The van der Waals surface area contributed by atoms with E-state index in [-0.39, 0.29) is 5.91 Å². The highest BCUT2D eigenvalue weighted by atomic mass is 35.5. The Balaban J connectivity index is 2.19. The molecule has 0 saturated heterocycles. The maximum Gasteiger partial charge on any atom is 0.274 e. The fourth-order valence-electron chi connectivity index (χ4n) is 2.19. The monoisotopic (exact) mass is 317 g/mol. The van der Waals surface area contributed by atoms with Crippen LogP contribution in [-0.4, -0.2) is 17.4 Å². The molecular formula is C17H20ClN3O. The van der Waals surface area contributed by atoms with E-state index >= 15 is 0 Å². The third-order valence-corrected chi connectivity index (χ3v) is 3.54. The van der Waals surface area contributed by atoms with Crippen LogP contribution in [-0.2, 0) is 0 Å². The smallest absolute Gasteiger partial charge is 0.274 e. The Hall–Kier alpha value is -2.07. The Morgan fingerprint density at radius 1 is 1.27 bits per heavy atom. The minimum atomic E-state index is -0.269. The summed E-state index contributed by atoms with van der Waals surface area (Å²) in [5.74, 6) is -0.269. The van der Waals surface area contributed by atoms with E-state index < -0.39 is 0 Å². The zero-order valence-electron chi connectivity index (χ0n) is 13.0. The Bertz CT molecular complexity index is 662. The lowest BCUT2D eigenvalue weighted by molar-refractivity contribution is 0.102. The van der Waals surface area contributed by atoms with Crippen molar-refractivity contribution < 1.29 is 4.79 Å². The molecule has 116 valence electrons. The molecule has 0 aliphatic carbocycles. The van der Waals surface area contributed by atoms with Gasteiger partial charge >= 0.3 is 0 Å². The number of benzene rings is 1. The number of halogens is 1. The summed E-state index contributed by atoms with van der Waals surface area (Å²) in [7, 11) is 0. The van der Waals surface area contributed by atoms with Crippen LogP contribution in [0.25, 0.3) is 0 Å². The van der Waals surface area contributed by atoms with Crippen molar-refractivity contribution in [3.05, 3.63) is 52.3 Å². The van der Waals surface area contributed by atoms with E-state index in [2.05, 4.69) is 22.5 Å². The number of rotatable bonds is 5. The summed E-state index contributed by atoms with van der Waals surface area (Å²) in [6.45, 7) is 6.83. The van der Waals surface area contributed by atoms with Crippen LogP contribution in [0.2, 0.25) is 5.02 Å². The van der Waals surface area contributed by atoms with Gasteiger partial charge in [0.1, 0.15) is 5.69 Å². The molecule has 4 nitrogen and oxygen atoms in total. The van der Waals surface area contributed by atoms with Gasteiger partial charge in [0.2, 0.25) is 0 Å². The first-order chi connectivity index (χ1) is 10.5. The van der Waals surface area contributed by atoms with Crippen molar-refractivity contribution in [3.8, 4) is 0 Å². The molecule has 2 aromatic rings. The highest BCUT2D eigenvalue weighted by Crippen LogP contribution is 2.27. The predicted octanol–water partition coefficient (Wildman–Crippen LogP) is 4.43. The highest BCUT2D eigenvalue weighted by molar-refractivity contribution is 6.34. The van der Waals surface area contributed by atoms with Gasteiger partial charge in [-0.2, -0.15) is 0 Å². The molecule has 2 rings (SSSR count). The van der Waals surface area contributed by atoms with E-state index in [0.29, 0.717) is 16.4 Å². The topological polar surface area (TPSA) is 54.0 Å². The third kappa shape index (κ3) is 3.98. The van der Waals surface area contributed by atoms with Gasteiger partial charge in [-0.15, -0.1) is 0 Å². The summed E-state index contributed by atoms with van der Waals surface area (Å²) in [6, 6.07) is 7.39. The van der Waals surface area contributed by atoms with E-state index in [9.17, 15) is 4.79 Å². The van der Waals surface area contributed by atoms with Crippen LogP contribution in [0.1, 0.15) is 35.0 Å². The summed E-state index contributed by atoms with van der Waals surface area (Å²) in [5, 5.41) is 6.62. The van der Waals surface area contributed by atoms with E-state index in [4.69, 9.17) is 11.6 Å². The summed E-state index contributed by atoms with van der Waals surface area (Å²) < 4.78 is 0. The molecule has 1 heterocycles. The largest absolute Gasteiger partial charge is 0.385 e. The Morgan fingerprint density at radius 3 is 2.73 bits per heavy atom. The Kier molecular flexibility index (Phi) is 5.39. The maximum absolute atomic E-state index is 12.4. The van der Waals surface area contributed by atoms with Crippen LogP contribution in [0.5, 0.6) is 0 Å². The lowest BCUT2D eigenvalue weighted by Gasteiger charge is -2.12. The second-order valence-corrected chi connectivity index (χ2v) is 5.66. The molecule has 22 heavy (non-hydrogen) atoms. The first-order valence-corrected chi connectivity index (χ1v) is 7.67.